The van der Waals surface area contributed by atoms with Crippen LogP contribution in [-0.2, 0) is 17.9 Å². The number of carbonyl (C=O) groups is 1. The minimum Gasteiger partial charge on any atom is -0.489 e. The van der Waals surface area contributed by atoms with E-state index in [-0.39, 0.29) is 5.69 Å². The van der Waals surface area contributed by atoms with Gasteiger partial charge in [0, 0.05) is 23.1 Å². The standard InChI is InChI=1S/C26H28BrN3O3/c1-3-5-16-32-26(31)23-12-14-25(29-28-23)30(15-4-2)18-21-17-22(27)11-13-24(21)33-19-20-9-7-6-8-10-20/h4,6-14,17H,2-3,5,15-16,18-19H2,1H3. The van der Waals surface area contributed by atoms with Crippen molar-refractivity contribution in [3.05, 3.63) is 94.6 Å². The molecule has 0 saturated heterocycles. The summed E-state index contributed by atoms with van der Waals surface area (Å²) in [4.78, 5) is 14.1. The Balaban J connectivity index is 1.74. The molecule has 0 saturated carbocycles. The molecule has 0 N–H and O–H groups in total. The number of unbranched alkanes of at least 4 members (excludes halogenated alkanes) is 1. The molecule has 33 heavy (non-hydrogen) atoms. The van der Waals surface area contributed by atoms with Crippen LogP contribution in [0, 0.1) is 0 Å². The Morgan fingerprint density at radius 2 is 1.94 bits per heavy atom. The molecule has 0 spiro atoms. The van der Waals surface area contributed by atoms with Gasteiger partial charge in [0.05, 0.1) is 6.61 Å². The summed E-state index contributed by atoms with van der Waals surface area (Å²) < 4.78 is 12.3. The molecule has 2 aromatic carbocycles. The largest absolute Gasteiger partial charge is 0.489 e. The first-order chi connectivity index (χ1) is 16.1. The van der Waals surface area contributed by atoms with Crippen LogP contribution in [0.25, 0.3) is 0 Å². The molecule has 172 valence electrons. The van der Waals surface area contributed by atoms with Crippen molar-refractivity contribution in [1.29, 1.82) is 0 Å². The zero-order valence-corrected chi connectivity index (χ0v) is 20.3. The van der Waals surface area contributed by atoms with Crippen LogP contribution in [0.3, 0.4) is 0 Å². The van der Waals surface area contributed by atoms with Crippen molar-refractivity contribution in [3.63, 3.8) is 0 Å². The summed E-state index contributed by atoms with van der Waals surface area (Å²) in [5.74, 6) is 0.968. The number of hydrogen-bond donors (Lipinski definition) is 0. The number of benzene rings is 2. The third-order valence-corrected chi connectivity index (χ3v) is 5.38. The van der Waals surface area contributed by atoms with Gasteiger partial charge < -0.3 is 14.4 Å². The van der Waals surface area contributed by atoms with Crippen LogP contribution in [0.4, 0.5) is 5.82 Å². The molecule has 0 aliphatic heterocycles. The lowest BCUT2D eigenvalue weighted by atomic mass is 10.1. The summed E-state index contributed by atoms with van der Waals surface area (Å²) >= 11 is 3.56. The van der Waals surface area contributed by atoms with Crippen LogP contribution in [0.5, 0.6) is 5.75 Å². The van der Waals surface area contributed by atoms with Gasteiger partial charge in [0.2, 0.25) is 0 Å². The van der Waals surface area contributed by atoms with Gasteiger partial charge in [-0.25, -0.2) is 4.79 Å². The number of esters is 1. The van der Waals surface area contributed by atoms with Crippen molar-refractivity contribution in [2.75, 3.05) is 18.1 Å². The highest BCUT2D eigenvalue weighted by Crippen LogP contribution is 2.27. The van der Waals surface area contributed by atoms with E-state index in [4.69, 9.17) is 9.47 Å². The topological polar surface area (TPSA) is 64.5 Å². The minimum absolute atomic E-state index is 0.197. The van der Waals surface area contributed by atoms with Crippen LogP contribution in [0.15, 0.2) is 77.8 Å². The monoisotopic (exact) mass is 509 g/mol. The van der Waals surface area contributed by atoms with Crippen LogP contribution in [-0.4, -0.2) is 29.3 Å². The molecule has 0 radical (unpaired) electrons. The molecule has 0 unspecified atom stereocenters. The summed E-state index contributed by atoms with van der Waals surface area (Å²) in [5.41, 5.74) is 2.29. The fraction of sp³-hybridized carbons (Fsp3) is 0.269. The number of rotatable bonds is 12. The van der Waals surface area contributed by atoms with Crippen LogP contribution >= 0.6 is 15.9 Å². The van der Waals surface area contributed by atoms with Crippen LogP contribution in [0.1, 0.15) is 41.4 Å². The highest BCUT2D eigenvalue weighted by Gasteiger charge is 2.15. The zero-order valence-electron chi connectivity index (χ0n) is 18.7. The lowest BCUT2D eigenvalue weighted by Gasteiger charge is -2.23. The molecule has 0 atom stereocenters. The Labute approximate surface area is 203 Å². The van der Waals surface area contributed by atoms with Crippen molar-refractivity contribution >= 4 is 27.7 Å². The lowest BCUT2D eigenvalue weighted by molar-refractivity contribution is 0.0491. The Hall–Kier alpha value is -3.19. The van der Waals surface area contributed by atoms with Crippen LogP contribution in [0.2, 0.25) is 0 Å². The second kappa shape index (κ2) is 12.7. The van der Waals surface area contributed by atoms with E-state index >= 15 is 0 Å². The minimum atomic E-state index is -0.457. The molecule has 1 aromatic heterocycles. The third-order valence-electron chi connectivity index (χ3n) is 4.89. The van der Waals surface area contributed by atoms with Gasteiger partial charge in [0.25, 0.3) is 0 Å². The molecule has 0 aliphatic rings. The van der Waals surface area contributed by atoms with Crippen molar-refractivity contribution in [2.24, 2.45) is 0 Å². The molecule has 0 aliphatic carbocycles. The number of hydrogen-bond acceptors (Lipinski definition) is 6. The quantitative estimate of drug-likeness (QED) is 0.170. The van der Waals surface area contributed by atoms with E-state index in [1.54, 1.807) is 18.2 Å². The van der Waals surface area contributed by atoms with Crippen molar-refractivity contribution in [1.82, 2.24) is 10.2 Å². The number of carbonyl (C=O) groups excluding carboxylic acids is 1. The first kappa shape index (κ1) is 24.5. The molecule has 7 heteroatoms. The number of anilines is 1. The van der Waals surface area contributed by atoms with Gasteiger partial charge in [-0.3, -0.25) is 0 Å². The molecule has 6 nitrogen and oxygen atoms in total. The molecular formula is C26H28BrN3O3. The van der Waals surface area contributed by atoms with E-state index in [0.717, 1.165) is 34.2 Å². The maximum atomic E-state index is 12.1. The smallest absolute Gasteiger partial charge is 0.358 e. The average molecular weight is 510 g/mol. The fourth-order valence-corrected chi connectivity index (χ4v) is 3.54. The van der Waals surface area contributed by atoms with E-state index in [9.17, 15) is 4.79 Å². The Bertz CT molecular complexity index is 1040. The van der Waals surface area contributed by atoms with Crippen molar-refractivity contribution < 1.29 is 14.3 Å². The van der Waals surface area contributed by atoms with Gasteiger partial charge in [-0.15, -0.1) is 16.8 Å². The predicted octanol–water partition coefficient (Wildman–Crippen LogP) is 5.97. The summed E-state index contributed by atoms with van der Waals surface area (Å²) in [7, 11) is 0. The van der Waals surface area contributed by atoms with E-state index in [2.05, 4.69) is 32.7 Å². The Morgan fingerprint density at radius 3 is 2.64 bits per heavy atom. The number of aromatic nitrogens is 2. The number of nitrogens with zero attached hydrogens (tertiary/aromatic N) is 3. The summed E-state index contributed by atoms with van der Waals surface area (Å²) in [6.07, 6.45) is 3.59. The Kier molecular flexibility index (Phi) is 9.44. The van der Waals surface area contributed by atoms with Gasteiger partial charge >= 0.3 is 5.97 Å². The van der Waals surface area contributed by atoms with Gasteiger partial charge in [-0.1, -0.05) is 65.7 Å². The van der Waals surface area contributed by atoms with Crippen molar-refractivity contribution in [3.8, 4) is 5.75 Å². The molecule has 3 rings (SSSR count). The SMILES string of the molecule is C=CCN(Cc1cc(Br)ccc1OCc1ccccc1)c1ccc(C(=O)OCCCC)nn1. The predicted molar refractivity (Wildman–Crippen MR) is 133 cm³/mol. The second-order valence-electron chi connectivity index (χ2n) is 7.46. The number of halogens is 1. The fourth-order valence-electron chi connectivity index (χ4n) is 3.13. The first-order valence-corrected chi connectivity index (χ1v) is 11.7. The molecule has 0 amide bonds. The molecule has 1 heterocycles. The average Bonchev–Trinajstić information content (AvgIpc) is 2.84. The van der Waals surface area contributed by atoms with E-state index < -0.39 is 5.97 Å². The van der Waals surface area contributed by atoms with Gasteiger partial charge in [-0.2, -0.15) is 0 Å². The summed E-state index contributed by atoms with van der Waals surface area (Å²) in [5, 5.41) is 8.34. The first-order valence-electron chi connectivity index (χ1n) is 10.9. The maximum absolute atomic E-state index is 12.1. The van der Waals surface area contributed by atoms with Gasteiger partial charge in [-0.05, 0) is 42.3 Å². The van der Waals surface area contributed by atoms with Crippen molar-refractivity contribution in [2.45, 2.75) is 32.9 Å². The van der Waals surface area contributed by atoms with Crippen LogP contribution < -0.4 is 9.64 Å². The van der Waals surface area contributed by atoms with E-state index in [1.165, 1.54) is 0 Å². The highest BCUT2D eigenvalue weighted by atomic mass is 79.9. The van der Waals surface area contributed by atoms with E-state index in [1.807, 2.05) is 60.4 Å². The Morgan fingerprint density at radius 1 is 1.12 bits per heavy atom. The highest BCUT2D eigenvalue weighted by molar-refractivity contribution is 9.10. The molecular weight excluding hydrogens is 482 g/mol. The van der Waals surface area contributed by atoms with Gasteiger partial charge in [0.15, 0.2) is 11.5 Å². The normalized spacial score (nSPS) is 10.5. The van der Waals surface area contributed by atoms with Gasteiger partial charge in [0.1, 0.15) is 12.4 Å². The zero-order chi connectivity index (χ0) is 23.5. The number of ether oxygens (including phenoxy) is 2. The summed E-state index contributed by atoms with van der Waals surface area (Å²) in [6.45, 7) is 7.86. The molecule has 0 bridgehead atoms. The van der Waals surface area contributed by atoms with E-state index in [0.29, 0.717) is 32.1 Å². The lowest BCUT2D eigenvalue weighted by Crippen LogP contribution is -2.25. The second-order valence-corrected chi connectivity index (χ2v) is 8.38. The molecule has 3 aromatic rings. The summed E-state index contributed by atoms with van der Waals surface area (Å²) in [6, 6.07) is 19.4. The maximum Gasteiger partial charge on any atom is 0.358 e. The molecule has 0 fully saturated rings. The third kappa shape index (κ3) is 7.43.